The molecule has 1 fully saturated rings. The molecule has 20 heavy (non-hydrogen) atoms. The maximum Gasteiger partial charge on any atom is 0.238 e. The maximum absolute atomic E-state index is 13.6. The number of ether oxygens (including phenoxy) is 1. The van der Waals surface area contributed by atoms with Crippen LogP contribution in [0.2, 0.25) is 0 Å². The number of morpholine rings is 1. The van der Waals surface area contributed by atoms with Gasteiger partial charge in [0.1, 0.15) is 5.82 Å². The van der Waals surface area contributed by atoms with E-state index in [0.29, 0.717) is 17.6 Å². The smallest absolute Gasteiger partial charge is 0.238 e. The number of nitrogens with one attached hydrogen (secondary N) is 1. The number of rotatable bonds is 3. The first-order valence-electron chi connectivity index (χ1n) is 6.56. The summed E-state index contributed by atoms with van der Waals surface area (Å²) in [6.07, 6.45) is 0.215. The average molecular weight is 345 g/mol. The van der Waals surface area contributed by atoms with Gasteiger partial charge in [-0.25, -0.2) is 4.39 Å². The number of anilines is 1. The van der Waals surface area contributed by atoms with Crippen LogP contribution < -0.4 is 5.32 Å². The monoisotopic (exact) mass is 344 g/mol. The molecule has 1 amide bonds. The lowest BCUT2D eigenvalue weighted by Gasteiger charge is -2.34. The van der Waals surface area contributed by atoms with Gasteiger partial charge in [0.15, 0.2) is 0 Å². The summed E-state index contributed by atoms with van der Waals surface area (Å²) >= 11 is 3.18. The van der Waals surface area contributed by atoms with E-state index in [1.54, 1.807) is 12.1 Å². The minimum atomic E-state index is -0.448. The Kier molecular flexibility index (Phi) is 5.12. The van der Waals surface area contributed by atoms with Crippen molar-refractivity contribution < 1.29 is 13.9 Å². The number of carbonyl (C=O) groups is 1. The number of hydrogen-bond donors (Lipinski definition) is 1. The molecule has 0 aliphatic carbocycles. The average Bonchev–Trinajstić information content (AvgIpc) is 2.31. The second-order valence-electron chi connectivity index (χ2n) is 5.12. The highest BCUT2D eigenvalue weighted by Gasteiger charge is 2.23. The van der Waals surface area contributed by atoms with E-state index in [9.17, 15) is 9.18 Å². The first-order valence-corrected chi connectivity index (χ1v) is 7.36. The second-order valence-corrected chi connectivity index (χ2v) is 6.04. The standard InChI is InChI=1S/C14H18BrFN2O2/c1-9-6-18(7-10(2)20-9)8-14(19)17-13-4-3-11(15)5-12(13)16/h3-5,9-10H,6-8H2,1-2H3,(H,17,19)/t9-,10+. The van der Waals surface area contributed by atoms with Gasteiger partial charge >= 0.3 is 0 Å². The van der Waals surface area contributed by atoms with E-state index < -0.39 is 5.82 Å². The molecule has 0 saturated carbocycles. The van der Waals surface area contributed by atoms with Crippen molar-refractivity contribution >= 4 is 27.5 Å². The van der Waals surface area contributed by atoms with Crippen LogP contribution in [0.25, 0.3) is 0 Å². The van der Waals surface area contributed by atoms with Crippen molar-refractivity contribution in [1.82, 2.24) is 4.90 Å². The lowest BCUT2D eigenvalue weighted by molar-refractivity contribution is -0.121. The number of halogens is 2. The van der Waals surface area contributed by atoms with E-state index in [0.717, 1.165) is 0 Å². The van der Waals surface area contributed by atoms with Crippen molar-refractivity contribution in [2.45, 2.75) is 26.1 Å². The summed E-state index contributed by atoms with van der Waals surface area (Å²) < 4.78 is 19.9. The minimum absolute atomic E-state index is 0.107. The highest BCUT2D eigenvalue weighted by atomic mass is 79.9. The van der Waals surface area contributed by atoms with Gasteiger partial charge in [-0.3, -0.25) is 9.69 Å². The third kappa shape index (κ3) is 4.26. The van der Waals surface area contributed by atoms with Gasteiger partial charge in [0, 0.05) is 17.6 Å². The van der Waals surface area contributed by atoms with Gasteiger partial charge in [0.05, 0.1) is 24.4 Å². The summed E-state index contributed by atoms with van der Waals surface area (Å²) in [5, 5.41) is 2.60. The van der Waals surface area contributed by atoms with Crippen molar-refractivity contribution in [3.8, 4) is 0 Å². The predicted octanol–water partition coefficient (Wildman–Crippen LogP) is 2.64. The Bertz CT molecular complexity index is 488. The fourth-order valence-electron chi connectivity index (χ4n) is 2.40. The normalized spacial score (nSPS) is 23.6. The highest BCUT2D eigenvalue weighted by molar-refractivity contribution is 9.10. The fourth-order valence-corrected chi connectivity index (χ4v) is 2.73. The molecule has 6 heteroatoms. The zero-order chi connectivity index (χ0) is 14.7. The number of benzene rings is 1. The van der Waals surface area contributed by atoms with Gasteiger partial charge in [-0.2, -0.15) is 0 Å². The van der Waals surface area contributed by atoms with Gasteiger partial charge in [-0.15, -0.1) is 0 Å². The van der Waals surface area contributed by atoms with Crippen LogP contribution >= 0.6 is 15.9 Å². The molecule has 2 rings (SSSR count). The number of nitrogens with zero attached hydrogens (tertiary/aromatic N) is 1. The molecule has 110 valence electrons. The number of hydrogen-bond acceptors (Lipinski definition) is 3. The van der Waals surface area contributed by atoms with Crippen LogP contribution in [0.1, 0.15) is 13.8 Å². The van der Waals surface area contributed by atoms with Crippen molar-refractivity contribution in [1.29, 1.82) is 0 Å². The van der Waals surface area contributed by atoms with E-state index in [1.807, 2.05) is 18.7 Å². The van der Waals surface area contributed by atoms with E-state index in [1.165, 1.54) is 6.07 Å². The summed E-state index contributed by atoms with van der Waals surface area (Å²) in [5.74, 6) is -0.663. The lowest BCUT2D eigenvalue weighted by atomic mass is 10.2. The summed E-state index contributed by atoms with van der Waals surface area (Å²) in [4.78, 5) is 14.0. The summed E-state index contributed by atoms with van der Waals surface area (Å²) in [7, 11) is 0. The van der Waals surface area contributed by atoms with Crippen LogP contribution in [0.4, 0.5) is 10.1 Å². The molecule has 0 spiro atoms. The predicted molar refractivity (Wildman–Crippen MR) is 79.2 cm³/mol. The Morgan fingerprint density at radius 2 is 2.10 bits per heavy atom. The van der Waals surface area contributed by atoms with Gasteiger partial charge < -0.3 is 10.1 Å². The number of amides is 1. The molecule has 4 nitrogen and oxygen atoms in total. The van der Waals surface area contributed by atoms with Gasteiger partial charge in [-0.1, -0.05) is 15.9 Å². The maximum atomic E-state index is 13.6. The molecule has 0 bridgehead atoms. The molecular formula is C14H18BrFN2O2. The van der Waals surface area contributed by atoms with Crippen LogP contribution in [0.3, 0.4) is 0 Å². The molecule has 1 aromatic rings. The Labute approximate surface area is 126 Å². The SMILES string of the molecule is C[C@@H]1CN(CC(=O)Nc2ccc(Br)cc2F)C[C@H](C)O1. The minimum Gasteiger partial charge on any atom is -0.373 e. The first kappa shape index (κ1) is 15.4. The Balaban J connectivity index is 1.92. The van der Waals surface area contributed by atoms with Crippen LogP contribution in [0.15, 0.2) is 22.7 Å². The fraction of sp³-hybridized carbons (Fsp3) is 0.500. The van der Waals surface area contributed by atoms with Gasteiger partial charge in [0.2, 0.25) is 5.91 Å². The Morgan fingerprint density at radius 3 is 2.70 bits per heavy atom. The Morgan fingerprint density at radius 1 is 1.45 bits per heavy atom. The zero-order valence-corrected chi connectivity index (χ0v) is 13.1. The van der Waals surface area contributed by atoms with Crippen LogP contribution in [0.5, 0.6) is 0 Å². The zero-order valence-electron chi connectivity index (χ0n) is 11.5. The molecule has 0 aromatic heterocycles. The quantitative estimate of drug-likeness (QED) is 0.916. The van der Waals surface area contributed by atoms with Crippen LogP contribution in [-0.2, 0) is 9.53 Å². The summed E-state index contributed by atoms with van der Waals surface area (Å²) in [5.41, 5.74) is 0.201. The molecule has 0 unspecified atom stereocenters. The number of carbonyl (C=O) groups excluding carboxylic acids is 1. The molecule has 1 aromatic carbocycles. The molecular weight excluding hydrogens is 327 g/mol. The largest absolute Gasteiger partial charge is 0.373 e. The molecule has 1 heterocycles. The lowest BCUT2D eigenvalue weighted by Crippen LogP contribution is -2.48. The van der Waals surface area contributed by atoms with E-state index in [4.69, 9.17) is 4.74 Å². The summed E-state index contributed by atoms with van der Waals surface area (Å²) in [6, 6.07) is 4.56. The molecule has 1 N–H and O–H groups in total. The highest BCUT2D eigenvalue weighted by Crippen LogP contribution is 2.19. The molecule has 1 aliphatic rings. The first-order chi connectivity index (χ1) is 9.44. The molecule has 2 atom stereocenters. The Hall–Kier alpha value is -0.980. The van der Waals surface area contributed by atoms with Crippen molar-refractivity contribution in [3.63, 3.8) is 0 Å². The third-order valence-corrected chi connectivity index (χ3v) is 3.56. The van der Waals surface area contributed by atoms with E-state index >= 15 is 0 Å². The topological polar surface area (TPSA) is 41.6 Å². The van der Waals surface area contributed by atoms with E-state index in [-0.39, 0.29) is 30.3 Å². The van der Waals surface area contributed by atoms with E-state index in [2.05, 4.69) is 21.2 Å². The molecule has 1 saturated heterocycles. The molecule has 1 aliphatic heterocycles. The van der Waals surface area contributed by atoms with Crippen molar-refractivity contribution in [2.24, 2.45) is 0 Å². The van der Waals surface area contributed by atoms with Crippen molar-refractivity contribution in [3.05, 3.63) is 28.5 Å². The third-order valence-electron chi connectivity index (χ3n) is 3.07. The van der Waals surface area contributed by atoms with Gasteiger partial charge in [0.25, 0.3) is 0 Å². The molecule has 0 radical (unpaired) electrons. The van der Waals surface area contributed by atoms with Crippen LogP contribution in [0, 0.1) is 5.82 Å². The van der Waals surface area contributed by atoms with Gasteiger partial charge in [-0.05, 0) is 32.0 Å². The summed E-state index contributed by atoms with van der Waals surface area (Å²) in [6.45, 7) is 5.62. The van der Waals surface area contributed by atoms with Crippen LogP contribution in [-0.4, -0.2) is 42.6 Å². The van der Waals surface area contributed by atoms with Crippen molar-refractivity contribution in [2.75, 3.05) is 25.0 Å². The second kappa shape index (κ2) is 6.65.